The van der Waals surface area contributed by atoms with Crippen molar-refractivity contribution in [1.29, 1.82) is 0 Å². The summed E-state index contributed by atoms with van der Waals surface area (Å²) in [7, 11) is 8.05. The van der Waals surface area contributed by atoms with Gasteiger partial charge in [-0.2, -0.15) is 0 Å². The largest absolute Gasteiger partial charge is 0.492 e. The fourth-order valence-corrected chi connectivity index (χ4v) is 5.24. The van der Waals surface area contributed by atoms with Gasteiger partial charge >= 0.3 is 0 Å². The summed E-state index contributed by atoms with van der Waals surface area (Å²) in [6.07, 6.45) is 6.41. The average Bonchev–Trinajstić information content (AvgIpc) is 2.92. The number of nitrogens with zero attached hydrogens (tertiary/aromatic N) is 3. The Balaban J connectivity index is 1.74. The van der Waals surface area contributed by atoms with Gasteiger partial charge in [0.15, 0.2) is 0 Å². The number of rotatable bonds is 10. The van der Waals surface area contributed by atoms with E-state index in [0.29, 0.717) is 33.8 Å². The Bertz CT molecular complexity index is 1290. The van der Waals surface area contributed by atoms with E-state index in [-0.39, 0.29) is 11.9 Å². The molecule has 2 aromatic carbocycles. The number of carbonyl (C=O) groups excluding carboxylic acids is 1. The molecule has 0 aliphatic heterocycles. The van der Waals surface area contributed by atoms with Crippen LogP contribution in [0.15, 0.2) is 48.5 Å². The molecule has 1 N–H and O–H groups in total. The van der Waals surface area contributed by atoms with Crippen molar-refractivity contribution in [3.63, 3.8) is 0 Å². The molecule has 6 nitrogen and oxygen atoms in total. The van der Waals surface area contributed by atoms with Crippen molar-refractivity contribution >= 4 is 34.8 Å². The van der Waals surface area contributed by atoms with E-state index < -0.39 is 0 Å². The minimum atomic E-state index is -0.156. The van der Waals surface area contributed by atoms with Gasteiger partial charge in [0.05, 0.1) is 17.3 Å². The van der Waals surface area contributed by atoms with Crippen LogP contribution in [0.5, 0.6) is 5.75 Å². The minimum Gasteiger partial charge on any atom is -0.492 e. The molecule has 0 spiro atoms. The maximum absolute atomic E-state index is 13.2. The van der Waals surface area contributed by atoms with E-state index >= 15 is 0 Å². The van der Waals surface area contributed by atoms with Crippen LogP contribution in [-0.2, 0) is 0 Å². The lowest BCUT2D eigenvalue weighted by Crippen LogP contribution is -2.36. The molecule has 0 saturated heterocycles. The predicted molar refractivity (Wildman–Crippen MR) is 162 cm³/mol. The first-order valence-corrected chi connectivity index (χ1v) is 14.3. The van der Waals surface area contributed by atoms with Crippen LogP contribution in [0.2, 0.25) is 10.0 Å². The zero-order valence-corrected chi connectivity index (χ0v) is 24.8. The van der Waals surface area contributed by atoms with Crippen LogP contribution in [0.25, 0.3) is 22.4 Å². The average molecular weight is 570 g/mol. The lowest BCUT2D eigenvalue weighted by molar-refractivity contribution is 0.0923. The van der Waals surface area contributed by atoms with Gasteiger partial charge in [0, 0.05) is 54.1 Å². The lowest BCUT2D eigenvalue weighted by atomic mass is 9.95. The first-order valence-electron chi connectivity index (χ1n) is 13.6. The van der Waals surface area contributed by atoms with E-state index in [9.17, 15) is 4.79 Å². The predicted octanol–water partition coefficient (Wildman–Crippen LogP) is 7.18. The molecule has 1 amide bonds. The maximum Gasteiger partial charge on any atom is 0.270 e. The third kappa shape index (κ3) is 7.65. The monoisotopic (exact) mass is 568 g/mol. The van der Waals surface area contributed by atoms with Crippen molar-refractivity contribution in [3.05, 3.63) is 64.3 Å². The Morgan fingerprint density at radius 1 is 0.949 bits per heavy atom. The van der Waals surface area contributed by atoms with Gasteiger partial charge in [-0.15, -0.1) is 0 Å². The molecular weight excluding hydrogens is 531 g/mol. The zero-order chi connectivity index (χ0) is 27.9. The van der Waals surface area contributed by atoms with Crippen molar-refractivity contribution in [2.45, 2.75) is 44.6 Å². The summed E-state index contributed by atoms with van der Waals surface area (Å²) in [5.41, 5.74) is 4.52. The summed E-state index contributed by atoms with van der Waals surface area (Å²) in [4.78, 5) is 22.3. The number of halogens is 2. The third-order valence-electron chi connectivity index (χ3n) is 7.04. The number of anilines is 1. The lowest BCUT2D eigenvalue weighted by Gasteiger charge is -2.23. The summed E-state index contributed by atoms with van der Waals surface area (Å²) in [6.45, 7) is 1.46. The molecule has 1 aliphatic rings. The molecule has 0 bridgehead atoms. The highest BCUT2D eigenvalue weighted by atomic mass is 35.5. The molecule has 39 heavy (non-hydrogen) atoms. The smallest absolute Gasteiger partial charge is 0.270 e. The Morgan fingerprint density at radius 3 is 2.41 bits per heavy atom. The van der Waals surface area contributed by atoms with E-state index in [1.807, 2.05) is 75.6 Å². The van der Waals surface area contributed by atoms with Crippen LogP contribution in [-0.4, -0.2) is 63.2 Å². The van der Waals surface area contributed by atoms with E-state index in [1.165, 1.54) is 6.42 Å². The molecule has 3 aromatic rings. The fraction of sp³-hybridized carbons (Fsp3) is 0.419. The van der Waals surface area contributed by atoms with E-state index in [4.69, 9.17) is 32.9 Å². The molecule has 0 atom stereocenters. The Kier molecular flexibility index (Phi) is 10.1. The molecule has 4 rings (SSSR count). The maximum atomic E-state index is 13.2. The molecule has 1 aliphatic carbocycles. The van der Waals surface area contributed by atoms with Crippen LogP contribution in [0, 0.1) is 0 Å². The number of aromatic nitrogens is 1. The topological polar surface area (TPSA) is 57.7 Å². The normalized spacial score (nSPS) is 13.9. The van der Waals surface area contributed by atoms with Crippen LogP contribution >= 0.6 is 23.2 Å². The van der Waals surface area contributed by atoms with Crippen LogP contribution in [0.4, 0.5) is 5.69 Å². The van der Waals surface area contributed by atoms with Crippen molar-refractivity contribution in [3.8, 4) is 28.1 Å². The zero-order valence-electron chi connectivity index (χ0n) is 23.3. The number of pyridine rings is 1. The van der Waals surface area contributed by atoms with Gasteiger partial charge in [-0.1, -0.05) is 48.5 Å². The summed E-state index contributed by atoms with van der Waals surface area (Å²) in [5.74, 6) is 0.433. The summed E-state index contributed by atoms with van der Waals surface area (Å²) in [6, 6.07) is 15.4. The van der Waals surface area contributed by atoms with Gasteiger partial charge in [0.25, 0.3) is 5.91 Å². The van der Waals surface area contributed by atoms with Crippen molar-refractivity contribution in [2.24, 2.45) is 0 Å². The second kappa shape index (κ2) is 13.5. The second-order valence-electron chi connectivity index (χ2n) is 10.6. The van der Waals surface area contributed by atoms with Crippen LogP contribution in [0.3, 0.4) is 0 Å². The van der Waals surface area contributed by atoms with Gasteiger partial charge in [-0.25, -0.2) is 4.98 Å². The standard InChI is InChI=1S/C31H38Cl2N4O2/c1-36(2)17-8-18-39-29-19-21(11-14-27(29)33)30-24(25-20-23(37(3)4)12-15-26(25)32)13-16-28(35-30)31(38)34-22-9-6-5-7-10-22/h11-16,19-20,22H,5-10,17-18H2,1-4H3,(H,34,38). The fourth-order valence-electron chi connectivity index (χ4n) is 4.85. The first-order chi connectivity index (χ1) is 18.7. The molecule has 1 aromatic heterocycles. The summed E-state index contributed by atoms with van der Waals surface area (Å²) < 4.78 is 6.05. The molecule has 1 saturated carbocycles. The van der Waals surface area contributed by atoms with Gasteiger partial charge < -0.3 is 19.9 Å². The number of carbonyl (C=O) groups is 1. The van der Waals surface area contributed by atoms with Crippen molar-refractivity contribution < 1.29 is 9.53 Å². The molecule has 1 fully saturated rings. The number of nitrogens with one attached hydrogen (secondary N) is 1. The number of benzene rings is 2. The third-order valence-corrected chi connectivity index (χ3v) is 7.68. The van der Waals surface area contributed by atoms with Crippen molar-refractivity contribution in [2.75, 3.05) is 46.2 Å². The second-order valence-corrected chi connectivity index (χ2v) is 11.4. The first kappa shape index (κ1) is 29.2. The number of ether oxygens (including phenoxy) is 1. The Morgan fingerprint density at radius 2 is 1.69 bits per heavy atom. The van der Waals surface area contributed by atoms with Gasteiger partial charge in [0.1, 0.15) is 11.4 Å². The van der Waals surface area contributed by atoms with Crippen LogP contribution in [0.1, 0.15) is 49.0 Å². The summed E-state index contributed by atoms with van der Waals surface area (Å²) in [5, 5.41) is 4.33. The number of amides is 1. The molecule has 8 heteroatoms. The molecule has 0 unspecified atom stereocenters. The van der Waals surface area contributed by atoms with Crippen LogP contribution < -0.4 is 15.0 Å². The molecule has 0 radical (unpaired) electrons. The molecular formula is C31H38Cl2N4O2. The number of hydrogen-bond donors (Lipinski definition) is 1. The highest BCUT2D eigenvalue weighted by molar-refractivity contribution is 6.33. The highest BCUT2D eigenvalue weighted by Gasteiger charge is 2.21. The van der Waals surface area contributed by atoms with Gasteiger partial charge in [-0.05, 0) is 75.8 Å². The SMILES string of the molecule is CN(C)CCCOc1cc(-c2nc(C(=O)NC3CCCCC3)ccc2-c2cc(N(C)C)ccc2Cl)ccc1Cl. The van der Waals surface area contributed by atoms with Gasteiger partial charge in [-0.3, -0.25) is 4.79 Å². The van der Waals surface area contributed by atoms with Gasteiger partial charge in [0.2, 0.25) is 0 Å². The summed E-state index contributed by atoms with van der Waals surface area (Å²) >= 11 is 13.2. The molecule has 1 heterocycles. The highest BCUT2D eigenvalue weighted by Crippen LogP contribution is 2.39. The van der Waals surface area contributed by atoms with E-state index in [1.54, 1.807) is 6.07 Å². The van der Waals surface area contributed by atoms with Crippen molar-refractivity contribution in [1.82, 2.24) is 15.2 Å². The minimum absolute atomic E-state index is 0.156. The quantitative estimate of drug-likeness (QED) is 0.262. The Hall–Kier alpha value is -2.80. The molecule has 208 valence electrons. The Labute approximate surface area is 242 Å². The van der Waals surface area contributed by atoms with E-state index in [0.717, 1.165) is 61.0 Å². The van der Waals surface area contributed by atoms with E-state index in [2.05, 4.69) is 10.2 Å². The number of hydrogen-bond acceptors (Lipinski definition) is 5.